The number of esters is 2. The zero-order chi connectivity index (χ0) is 40.0. The number of allylic oxidation sites excluding steroid dienone is 12. The molecule has 0 aromatic rings. The molecule has 0 bridgehead atoms. The number of phosphoric ester groups is 1. The molecule has 0 rings (SSSR count). The van der Waals surface area contributed by atoms with E-state index in [-0.39, 0.29) is 32.0 Å². The zero-order valence-electron chi connectivity index (χ0n) is 34.7. The number of nitrogens with zero attached hydrogens (tertiary/aromatic N) is 1. The summed E-state index contributed by atoms with van der Waals surface area (Å²) in [6.07, 6.45) is 44.2. The van der Waals surface area contributed by atoms with Crippen LogP contribution < -0.4 is 0 Å². The van der Waals surface area contributed by atoms with Crippen molar-refractivity contribution in [1.82, 2.24) is 0 Å². The molecule has 0 amide bonds. The second-order valence-corrected chi connectivity index (χ2v) is 16.1. The number of rotatable bonds is 36. The van der Waals surface area contributed by atoms with E-state index in [1.807, 2.05) is 21.1 Å². The van der Waals surface area contributed by atoms with E-state index in [0.717, 1.165) is 109 Å². The minimum Gasteiger partial charge on any atom is -0.462 e. The van der Waals surface area contributed by atoms with Crippen molar-refractivity contribution < 1.29 is 42.1 Å². The van der Waals surface area contributed by atoms with Crippen LogP contribution in [0.2, 0.25) is 0 Å². The van der Waals surface area contributed by atoms with Gasteiger partial charge in [0.1, 0.15) is 19.8 Å². The smallest absolute Gasteiger partial charge is 0.462 e. The molecule has 0 fully saturated rings. The Morgan fingerprint density at radius 2 is 1.06 bits per heavy atom. The lowest BCUT2D eigenvalue weighted by molar-refractivity contribution is -0.870. The fourth-order valence-corrected chi connectivity index (χ4v) is 5.76. The fourth-order valence-electron chi connectivity index (χ4n) is 5.01. The number of hydrogen-bond donors (Lipinski definition) is 1. The Morgan fingerprint density at radius 1 is 0.593 bits per heavy atom. The average Bonchev–Trinajstić information content (AvgIpc) is 3.12. The minimum absolute atomic E-state index is 0.0251. The largest absolute Gasteiger partial charge is 0.472 e. The number of unbranched alkanes of at least 4 members (excludes halogenated alkanes) is 10. The number of quaternary nitrogens is 1. The van der Waals surface area contributed by atoms with Crippen molar-refractivity contribution in [2.45, 2.75) is 148 Å². The average molecular weight is 779 g/mol. The summed E-state index contributed by atoms with van der Waals surface area (Å²) in [5.41, 5.74) is 0. The first kappa shape index (κ1) is 51.5. The molecule has 310 valence electrons. The van der Waals surface area contributed by atoms with Crippen molar-refractivity contribution in [2.24, 2.45) is 0 Å². The van der Waals surface area contributed by atoms with Gasteiger partial charge in [0, 0.05) is 12.8 Å². The molecular weight excluding hydrogens is 701 g/mol. The molecule has 0 heterocycles. The second-order valence-electron chi connectivity index (χ2n) is 14.6. The molecule has 54 heavy (non-hydrogen) atoms. The van der Waals surface area contributed by atoms with E-state index in [9.17, 15) is 19.0 Å². The van der Waals surface area contributed by atoms with Crippen LogP contribution in [0.4, 0.5) is 0 Å². The molecule has 10 heteroatoms. The van der Waals surface area contributed by atoms with E-state index in [1.54, 1.807) is 0 Å². The van der Waals surface area contributed by atoms with Crippen LogP contribution in [0.15, 0.2) is 72.9 Å². The van der Waals surface area contributed by atoms with Crippen LogP contribution in [0.1, 0.15) is 142 Å². The molecule has 0 saturated heterocycles. The summed E-state index contributed by atoms with van der Waals surface area (Å²) in [5, 5.41) is 0. The van der Waals surface area contributed by atoms with Gasteiger partial charge in [-0.3, -0.25) is 18.6 Å². The maximum atomic E-state index is 12.6. The Labute approximate surface area is 329 Å². The monoisotopic (exact) mass is 779 g/mol. The highest BCUT2D eigenvalue weighted by atomic mass is 31.2. The van der Waals surface area contributed by atoms with E-state index < -0.39 is 26.5 Å². The third kappa shape index (κ3) is 39.2. The lowest BCUT2D eigenvalue weighted by Crippen LogP contribution is -2.37. The van der Waals surface area contributed by atoms with Gasteiger partial charge in [-0.25, -0.2) is 4.57 Å². The summed E-state index contributed by atoms with van der Waals surface area (Å²) < 4.78 is 34.0. The van der Waals surface area contributed by atoms with Crippen molar-refractivity contribution >= 4 is 19.8 Å². The maximum Gasteiger partial charge on any atom is 0.472 e. The van der Waals surface area contributed by atoms with Crippen molar-refractivity contribution in [3.63, 3.8) is 0 Å². The van der Waals surface area contributed by atoms with E-state index in [1.165, 1.54) is 0 Å². The highest BCUT2D eigenvalue weighted by molar-refractivity contribution is 7.47. The first-order valence-corrected chi connectivity index (χ1v) is 22.2. The molecule has 2 atom stereocenters. The lowest BCUT2D eigenvalue weighted by atomic mass is 10.1. The number of carbonyl (C=O) groups is 2. The highest BCUT2D eigenvalue weighted by Crippen LogP contribution is 2.43. The van der Waals surface area contributed by atoms with Gasteiger partial charge < -0.3 is 18.9 Å². The predicted octanol–water partition coefficient (Wildman–Crippen LogP) is 11.5. The van der Waals surface area contributed by atoms with Gasteiger partial charge >= 0.3 is 19.8 Å². The number of hydrogen-bond acceptors (Lipinski definition) is 7. The molecule has 0 aliphatic rings. The predicted molar refractivity (Wildman–Crippen MR) is 224 cm³/mol. The summed E-state index contributed by atoms with van der Waals surface area (Å²) in [6.45, 7) is 4.16. The summed E-state index contributed by atoms with van der Waals surface area (Å²) in [4.78, 5) is 35.0. The molecular formula is C44H77NO8P+. The minimum atomic E-state index is -4.37. The number of likely N-dealkylation sites (N-methyl/N-ethyl adjacent to an activating group) is 1. The van der Waals surface area contributed by atoms with Gasteiger partial charge in [0.05, 0.1) is 27.7 Å². The Morgan fingerprint density at radius 3 is 1.57 bits per heavy atom. The van der Waals surface area contributed by atoms with E-state index in [0.29, 0.717) is 17.4 Å². The van der Waals surface area contributed by atoms with Crippen LogP contribution >= 0.6 is 7.82 Å². The zero-order valence-corrected chi connectivity index (χ0v) is 35.6. The SMILES string of the molecule is CC/C=C\C/C=C\C/C=C\C/C=C\C/C=C\C/C=C\CCCCCCCCC(=O)OC(COC(=O)CCCCCCC)COP(=O)(O)OCC[N+](C)(C)C. The molecule has 0 aliphatic carbocycles. The normalized spacial score (nSPS) is 14.4. The number of ether oxygens (including phenoxy) is 2. The molecule has 0 aromatic heterocycles. The highest BCUT2D eigenvalue weighted by Gasteiger charge is 2.27. The van der Waals surface area contributed by atoms with Crippen molar-refractivity contribution in [3.8, 4) is 0 Å². The van der Waals surface area contributed by atoms with E-state index in [2.05, 4.69) is 86.8 Å². The van der Waals surface area contributed by atoms with Crippen LogP contribution in [-0.4, -0.2) is 74.9 Å². The third-order valence-electron chi connectivity index (χ3n) is 8.25. The van der Waals surface area contributed by atoms with Crippen LogP contribution in [0.25, 0.3) is 0 Å². The summed E-state index contributed by atoms with van der Waals surface area (Å²) >= 11 is 0. The molecule has 0 aliphatic heterocycles. The Kier molecular flexibility index (Phi) is 34.4. The van der Waals surface area contributed by atoms with E-state index >= 15 is 0 Å². The molecule has 0 saturated carbocycles. The molecule has 0 spiro atoms. The van der Waals surface area contributed by atoms with Gasteiger partial charge in [-0.1, -0.05) is 138 Å². The van der Waals surface area contributed by atoms with Gasteiger partial charge in [0.25, 0.3) is 0 Å². The van der Waals surface area contributed by atoms with Crippen LogP contribution in [0.3, 0.4) is 0 Å². The number of carbonyl (C=O) groups excluding carboxylic acids is 2. The molecule has 2 unspecified atom stereocenters. The van der Waals surface area contributed by atoms with Crippen molar-refractivity contribution in [1.29, 1.82) is 0 Å². The van der Waals surface area contributed by atoms with Crippen molar-refractivity contribution in [2.75, 3.05) is 47.5 Å². The van der Waals surface area contributed by atoms with Gasteiger partial charge in [-0.2, -0.15) is 0 Å². The summed E-state index contributed by atoms with van der Waals surface area (Å²) in [5.74, 6) is -0.838. The Balaban J connectivity index is 4.22. The Bertz CT molecular complexity index is 1150. The molecule has 0 aromatic carbocycles. The van der Waals surface area contributed by atoms with Crippen LogP contribution in [-0.2, 0) is 32.7 Å². The van der Waals surface area contributed by atoms with E-state index in [4.69, 9.17) is 18.5 Å². The lowest BCUT2D eigenvalue weighted by Gasteiger charge is -2.24. The number of phosphoric acid groups is 1. The maximum absolute atomic E-state index is 12.6. The topological polar surface area (TPSA) is 108 Å². The summed E-state index contributed by atoms with van der Waals surface area (Å²) in [7, 11) is 1.45. The van der Waals surface area contributed by atoms with Gasteiger partial charge in [-0.15, -0.1) is 0 Å². The molecule has 0 radical (unpaired) electrons. The van der Waals surface area contributed by atoms with Crippen LogP contribution in [0, 0.1) is 0 Å². The third-order valence-corrected chi connectivity index (χ3v) is 9.24. The van der Waals surface area contributed by atoms with Crippen LogP contribution in [0.5, 0.6) is 0 Å². The standard InChI is InChI=1S/C44H76NO8P/c1-6-8-10-12-13-14-15-16-17-18-19-20-21-22-23-24-25-26-27-28-29-30-31-33-35-37-44(47)53-42(40-50-43(46)36-34-32-11-9-7-2)41-52-54(48,49)51-39-38-45(3,4)5/h8,10,13-14,16-17,19-20,22-23,25-26,42H,6-7,9,11-12,15,18,21,24,27-41H2,1-5H3/p+1/b10-8-,14-13-,17-16-,20-19-,23-22-,26-25-. The first-order valence-electron chi connectivity index (χ1n) is 20.7. The van der Waals surface area contributed by atoms with Gasteiger partial charge in [0.2, 0.25) is 0 Å². The first-order chi connectivity index (χ1) is 26.0. The van der Waals surface area contributed by atoms with Crippen molar-refractivity contribution in [3.05, 3.63) is 72.9 Å². The summed E-state index contributed by atoms with van der Waals surface area (Å²) in [6, 6.07) is 0. The quantitative estimate of drug-likeness (QED) is 0.0220. The molecule has 1 N–H and O–H groups in total. The van der Waals surface area contributed by atoms with Gasteiger partial charge in [-0.05, 0) is 64.2 Å². The second kappa shape index (κ2) is 36.1. The molecule has 9 nitrogen and oxygen atoms in total. The Hall–Kier alpha value is -2.55. The fraction of sp³-hybridized carbons (Fsp3) is 0.682. The van der Waals surface area contributed by atoms with Gasteiger partial charge in [0.15, 0.2) is 6.10 Å².